The Hall–Kier alpha value is -1.54. The van der Waals surface area contributed by atoms with Crippen molar-refractivity contribution in [1.82, 2.24) is 10.2 Å². The van der Waals surface area contributed by atoms with Crippen LogP contribution in [0.15, 0.2) is 0 Å². The van der Waals surface area contributed by atoms with E-state index in [0.717, 1.165) is 0 Å². The smallest absolute Gasteiger partial charge is 0.303 e. The Morgan fingerprint density at radius 1 is 1.53 bits per heavy atom. The second-order valence-corrected chi connectivity index (χ2v) is 3.57. The summed E-state index contributed by atoms with van der Waals surface area (Å²) < 4.78 is 0. The lowest BCUT2D eigenvalue weighted by Crippen LogP contribution is -2.53. The maximum absolute atomic E-state index is 11.4. The summed E-state index contributed by atoms with van der Waals surface area (Å²) in [5.74, 6) is 1.65. The van der Waals surface area contributed by atoms with Crippen LogP contribution >= 0.6 is 0 Å². The first-order valence-electron chi connectivity index (χ1n) is 4.77. The van der Waals surface area contributed by atoms with Crippen LogP contribution in [0.1, 0.15) is 6.42 Å². The number of terminal acetylenes is 1. The molecule has 0 radical (unpaired) electrons. The molecule has 5 nitrogen and oxygen atoms in total. The summed E-state index contributed by atoms with van der Waals surface area (Å²) in [5, 5.41) is 11.3. The van der Waals surface area contributed by atoms with Gasteiger partial charge in [-0.25, -0.2) is 0 Å². The van der Waals surface area contributed by atoms with Crippen molar-refractivity contribution < 1.29 is 14.7 Å². The largest absolute Gasteiger partial charge is 0.481 e. The van der Waals surface area contributed by atoms with Crippen LogP contribution in [-0.4, -0.2) is 48.1 Å². The Kier molecular flexibility index (Phi) is 4.13. The Morgan fingerprint density at radius 3 is 2.73 bits per heavy atom. The van der Waals surface area contributed by atoms with Crippen molar-refractivity contribution in [2.45, 2.75) is 6.42 Å². The minimum Gasteiger partial charge on any atom is -0.481 e. The molecule has 0 bridgehead atoms. The Balaban J connectivity index is 2.13. The van der Waals surface area contributed by atoms with Gasteiger partial charge in [-0.1, -0.05) is 5.92 Å². The van der Waals surface area contributed by atoms with Crippen molar-refractivity contribution in [3.63, 3.8) is 0 Å². The molecular weight excluding hydrogens is 196 g/mol. The molecule has 1 aliphatic heterocycles. The molecule has 0 saturated carbocycles. The topological polar surface area (TPSA) is 69.6 Å². The zero-order valence-electron chi connectivity index (χ0n) is 8.40. The van der Waals surface area contributed by atoms with Gasteiger partial charge in [0.2, 0.25) is 5.91 Å². The Labute approximate surface area is 88.4 Å². The molecular formula is C10H14N2O3. The molecule has 0 aromatic carbocycles. The summed E-state index contributed by atoms with van der Waals surface area (Å²) in [4.78, 5) is 23.4. The van der Waals surface area contributed by atoms with Gasteiger partial charge in [0.1, 0.15) is 0 Å². The van der Waals surface area contributed by atoms with Gasteiger partial charge < -0.3 is 10.0 Å². The van der Waals surface area contributed by atoms with Crippen LogP contribution in [0.3, 0.4) is 0 Å². The standard InChI is InChI=1S/C10H14N2O3/c1-2-3-11-5-9(13)12-6-8(7-12)4-10(14)15/h1,8,11H,3-7H2,(H,14,15). The number of carbonyl (C=O) groups is 2. The van der Waals surface area contributed by atoms with Crippen molar-refractivity contribution in [1.29, 1.82) is 0 Å². The molecule has 1 rings (SSSR count). The van der Waals surface area contributed by atoms with Crippen LogP contribution in [0.25, 0.3) is 0 Å². The van der Waals surface area contributed by atoms with Gasteiger partial charge in [-0.05, 0) is 0 Å². The third-order valence-corrected chi connectivity index (χ3v) is 2.28. The Morgan fingerprint density at radius 2 is 2.20 bits per heavy atom. The van der Waals surface area contributed by atoms with Gasteiger partial charge in [-0.3, -0.25) is 14.9 Å². The number of carbonyl (C=O) groups excluding carboxylic acids is 1. The predicted octanol–water partition coefficient (Wildman–Crippen LogP) is -0.858. The molecule has 0 unspecified atom stereocenters. The molecule has 0 spiro atoms. The number of rotatable bonds is 5. The van der Waals surface area contributed by atoms with Crippen LogP contribution < -0.4 is 5.32 Å². The molecule has 1 heterocycles. The zero-order chi connectivity index (χ0) is 11.3. The summed E-state index contributed by atoms with van der Waals surface area (Å²) in [6.45, 7) is 1.69. The van der Waals surface area contributed by atoms with Gasteiger partial charge in [0.15, 0.2) is 0 Å². The van der Waals surface area contributed by atoms with E-state index in [1.165, 1.54) is 0 Å². The first kappa shape index (κ1) is 11.5. The molecule has 1 saturated heterocycles. The summed E-state index contributed by atoms with van der Waals surface area (Å²) >= 11 is 0. The number of carboxylic acid groups (broad SMARTS) is 1. The lowest BCUT2D eigenvalue weighted by Gasteiger charge is -2.38. The Bertz CT molecular complexity index is 290. The van der Waals surface area contributed by atoms with E-state index >= 15 is 0 Å². The third kappa shape index (κ3) is 3.60. The van der Waals surface area contributed by atoms with E-state index in [0.29, 0.717) is 19.6 Å². The third-order valence-electron chi connectivity index (χ3n) is 2.28. The minimum absolute atomic E-state index is 0.0214. The highest BCUT2D eigenvalue weighted by atomic mass is 16.4. The molecule has 0 atom stereocenters. The first-order chi connectivity index (χ1) is 7.13. The first-order valence-corrected chi connectivity index (χ1v) is 4.77. The number of amides is 1. The van der Waals surface area contributed by atoms with E-state index in [-0.39, 0.29) is 24.8 Å². The zero-order valence-corrected chi connectivity index (χ0v) is 8.40. The molecule has 0 aromatic heterocycles. The molecule has 1 aliphatic rings. The highest BCUT2D eigenvalue weighted by Gasteiger charge is 2.31. The van der Waals surface area contributed by atoms with E-state index in [2.05, 4.69) is 11.2 Å². The number of hydrogen-bond donors (Lipinski definition) is 2. The van der Waals surface area contributed by atoms with Crippen molar-refractivity contribution in [2.24, 2.45) is 5.92 Å². The number of nitrogens with zero attached hydrogens (tertiary/aromatic N) is 1. The highest BCUT2D eigenvalue weighted by molar-refractivity contribution is 5.79. The molecule has 15 heavy (non-hydrogen) atoms. The van der Waals surface area contributed by atoms with Crippen molar-refractivity contribution in [3.8, 4) is 12.3 Å². The quantitative estimate of drug-likeness (QED) is 0.458. The van der Waals surface area contributed by atoms with E-state index in [4.69, 9.17) is 11.5 Å². The second-order valence-electron chi connectivity index (χ2n) is 3.57. The molecule has 1 fully saturated rings. The van der Waals surface area contributed by atoms with E-state index in [9.17, 15) is 9.59 Å². The number of carboxylic acids is 1. The fraction of sp³-hybridized carbons (Fsp3) is 0.600. The fourth-order valence-electron chi connectivity index (χ4n) is 1.50. The van der Waals surface area contributed by atoms with Crippen LogP contribution in [0.5, 0.6) is 0 Å². The lowest BCUT2D eigenvalue weighted by atomic mass is 9.96. The van der Waals surface area contributed by atoms with E-state index < -0.39 is 5.97 Å². The minimum atomic E-state index is -0.808. The number of nitrogens with one attached hydrogen (secondary N) is 1. The summed E-state index contributed by atoms with van der Waals surface area (Å²) in [7, 11) is 0. The van der Waals surface area contributed by atoms with Crippen molar-refractivity contribution in [3.05, 3.63) is 0 Å². The average molecular weight is 210 g/mol. The van der Waals surface area contributed by atoms with Crippen LogP contribution in [0.4, 0.5) is 0 Å². The van der Waals surface area contributed by atoms with Crippen LogP contribution in [-0.2, 0) is 9.59 Å². The molecule has 0 aromatic rings. The van der Waals surface area contributed by atoms with Gasteiger partial charge in [0.25, 0.3) is 0 Å². The molecule has 2 N–H and O–H groups in total. The predicted molar refractivity (Wildman–Crippen MR) is 54.0 cm³/mol. The van der Waals surface area contributed by atoms with Gasteiger partial charge in [-0.2, -0.15) is 0 Å². The average Bonchev–Trinajstić information content (AvgIpc) is 2.10. The molecule has 1 amide bonds. The summed E-state index contributed by atoms with van der Waals surface area (Å²) in [6.07, 6.45) is 5.15. The normalized spacial score (nSPS) is 15.5. The molecule has 82 valence electrons. The maximum atomic E-state index is 11.4. The number of aliphatic carboxylic acids is 1. The molecule has 5 heteroatoms. The van der Waals surface area contributed by atoms with Crippen LogP contribution in [0.2, 0.25) is 0 Å². The maximum Gasteiger partial charge on any atom is 0.303 e. The van der Waals surface area contributed by atoms with E-state index in [1.54, 1.807) is 4.90 Å². The van der Waals surface area contributed by atoms with Crippen molar-refractivity contribution in [2.75, 3.05) is 26.2 Å². The lowest BCUT2D eigenvalue weighted by molar-refractivity contribution is -0.144. The van der Waals surface area contributed by atoms with Gasteiger partial charge in [-0.15, -0.1) is 6.42 Å². The highest BCUT2D eigenvalue weighted by Crippen LogP contribution is 2.18. The van der Waals surface area contributed by atoms with Crippen LogP contribution in [0, 0.1) is 18.3 Å². The number of likely N-dealkylation sites (tertiary alicyclic amines) is 1. The van der Waals surface area contributed by atoms with Gasteiger partial charge >= 0.3 is 5.97 Å². The van der Waals surface area contributed by atoms with Gasteiger partial charge in [0.05, 0.1) is 19.5 Å². The molecule has 0 aliphatic carbocycles. The number of hydrogen-bond acceptors (Lipinski definition) is 3. The fourth-order valence-corrected chi connectivity index (χ4v) is 1.50. The summed E-state index contributed by atoms with van der Waals surface area (Å²) in [6, 6.07) is 0. The van der Waals surface area contributed by atoms with E-state index in [1.807, 2.05) is 0 Å². The summed E-state index contributed by atoms with van der Waals surface area (Å²) in [5.41, 5.74) is 0. The SMILES string of the molecule is C#CCNCC(=O)N1CC(CC(=O)O)C1. The van der Waals surface area contributed by atoms with Gasteiger partial charge in [0, 0.05) is 19.0 Å². The second kappa shape index (κ2) is 5.37. The monoisotopic (exact) mass is 210 g/mol. The van der Waals surface area contributed by atoms with Crippen molar-refractivity contribution >= 4 is 11.9 Å².